The molecule has 1 heterocycles. The van der Waals surface area contributed by atoms with Gasteiger partial charge in [0, 0.05) is 13.1 Å². The Kier molecular flexibility index (Phi) is 5.41. The molecule has 0 spiro atoms. The predicted octanol–water partition coefficient (Wildman–Crippen LogP) is 1.78. The van der Waals surface area contributed by atoms with Crippen LogP contribution in [0.2, 0.25) is 0 Å². The molecule has 1 aromatic rings. The van der Waals surface area contributed by atoms with Gasteiger partial charge in [0.05, 0.1) is 6.42 Å². The highest BCUT2D eigenvalue weighted by atomic mass is 16.3. The van der Waals surface area contributed by atoms with Crippen molar-refractivity contribution in [2.75, 3.05) is 26.2 Å². The summed E-state index contributed by atoms with van der Waals surface area (Å²) in [5.74, 6) is 0.984. The second kappa shape index (κ2) is 7.29. The van der Waals surface area contributed by atoms with Crippen molar-refractivity contribution in [3.05, 3.63) is 29.8 Å². The van der Waals surface area contributed by atoms with E-state index in [1.807, 2.05) is 24.0 Å². The van der Waals surface area contributed by atoms with Gasteiger partial charge in [0.2, 0.25) is 5.91 Å². The Balaban J connectivity index is 1.89. The fraction of sp³-hybridized carbons (Fsp3) is 0.562. The summed E-state index contributed by atoms with van der Waals surface area (Å²) in [6.07, 6.45) is 2.82. The normalized spacial score (nSPS) is 18.8. The van der Waals surface area contributed by atoms with Gasteiger partial charge in [-0.1, -0.05) is 12.1 Å². The van der Waals surface area contributed by atoms with Crippen LogP contribution < -0.4 is 5.32 Å². The molecule has 4 heteroatoms. The van der Waals surface area contributed by atoms with E-state index < -0.39 is 0 Å². The Bertz CT molecular complexity index is 425. The first-order chi connectivity index (χ1) is 9.69. The minimum atomic E-state index is 0.170. The Labute approximate surface area is 120 Å². The number of nitrogens with zero attached hydrogens (tertiary/aromatic N) is 1. The maximum absolute atomic E-state index is 12.3. The van der Waals surface area contributed by atoms with Gasteiger partial charge in [-0.25, -0.2) is 0 Å². The first-order valence-electron chi connectivity index (χ1n) is 7.45. The highest BCUT2D eigenvalue weighted by Gasteiger charge is 2.19. The van der Waals surface area contributed by atoms with Crippen LogP contribution >= 0.6 is 0 Å². The van der Waals surface area contributed by atoms with Gasteiger partial charge in [0.1, 0.15) is 5.75 Å². The number of amides is 1. The standard InChI is InChI=1S/C16H24N2O2/c1-2-18(12-14-4-3-9-17-11-14)16(20)10-13-5-7-15(19)8-6-13/h5-8,14,17,19H,2-4,9-12H2,1H3. The van der Waals surface area contributed by atoms with Crippen LogP contribution in [-0.2, 0) is 11.2 Å². The summed E-state index contributed by atoms with van der Waals surface area (Å²) in [4.78, 5) is 14.3. The fourth-order valence-corrected chi connectivity index (χ4v) is 2.70. The van der Waals surface area contributed by atoms with Crippen LogP contribution in [-0.4, -0.2) is 42.1 Å². The van der Waals surface area contributed by atoms with Crippen molar-refractivity contribution >= 4 is 5.91 Å². The van der Waals surface area contributed by atoms with E-state index in [0.29, 0.717) is 12.3 Å². The summed E-state index contributed by atoms with van der Waals surface area (Å²) in [5, 5.41) is 12.7. The SMILES string of the molecule is CCN(CC1CCCNC1)C(=O)Cc1ccc(O)cc1. The number of aromatic hydroxyl groups is 1. The third-order valence-electron chi connectivity index (χ3n) is 3.90. The van der Waals surface area contributed by atoms with Crippen LogP contribution in [0, 0.1) is 5.92 Å². The third kappa shape index (κ3) is 4.23. The van der Waals surface area contributed by atoms with E-state index in [2.05, 4.69) is 5.32 Å². The third-order valence-corrected chi connectivity index (χ3v) is 3.90. The molecule has 2 N–H and O–H groups in total. The Morgan fingerprint density at radius 2 is 2.15 bits per heavy atom. The molecule has 0 aromatic heterocycles. The van der Waals surface area contributed by atoms with Crippen LogP contribution in [0.15, 0.2) is 24.3 Å². The number of hydrogen-bond donors (Lipinski definition) is 2. The molecule has 110 valence electrons. The van der Waals surface area contributed by atoms with E-state index in [1.165, 1.54) is 12.8 Å². The number of piperidine rings is 1. The number of rotatable bonds is 5. The Morgan fingerprint density at radius 3 is 2.75 bits per heavy atom. The first kappa shape index (κ1) is 14.9. The summed E-state index contributed by atoms with van der Waals surface area (Å²) in [7, 11) is 0. The zero-order chi connectivity index (χ0) is 14.4. The van der Waals surface area contributed by atoms with Crippen LogP contribution in [0.3, 0.4) is 0 Å². The number of nitrogens with one attached hydrogen (secondary N) is 1. The highest BCUT2D eigenvalue weighted by molar-refractivity contribution is 5.78. The molecule has 2 rings (SSSR count). The highest BCUT2D eigenvalue weighted by Crippen LogP contribution is 2.14. The Hall–Kier alpha value is -1.55. The molecular weight excluding hydrogens is 252 g/mol. The van der Waals surface area contributed by atoms with Gasteiger partial charge < -0.3 is 15.3 Å². The molecule has 1 aliphatic heterocycles. The maximum atomic E-state index is 12.3. The lowest BCUT2D eigenvalue weighted by Crippen LogP contribution is -2.41. The molecule has 1 aliphatic rings. The van der Waals surface area contributed by atoms with Gasteiger partial charge in [0.25, 0.3) is 0 Å². The lowest BCUT2D eigenvalue weighted by Gasteiger charge is -2.29. The second-order valence-corrected chi connectivity index (χ2v) is 5.49. The van der Waals surface area contributed by atoms with Crippen LogP contribution in [0.4, 0.5) is 0 Å². The van der Waals surface area contributed by atoms with E-state index >= 15 is 0 Å². The largest absolute Gasteiger partial charge is 0.508 e. The van der Waals surface area contributed by atoms with Crippen molar-refractivity contribution in [2.45, 2.75) is 26.2 Å². The van der Waals surface area contributed by atoms with E-state index in [0.717, 1.165) is 31.7 Å². The summed E-state index contributed by atoms with van der Waals surface area (Å²) >= 11 is 0. The molecule has 0 bridgehead atoms. The summed E-state index contributed by atoms with van der Waals surface area (Å²) in [6, 6.07) is 6.88. The summed E-state index contributed by atoms with van der Waals surface area (Å²) in [6.45, 7) is 5.76. The summed E-state index contributed by atoms with van der Waals surface area (Å²) in [5.41, 5.74) is 0.952. The number of phenolic OH excluding ortho intramolecular Hbond substituents is 1. The van der Waals surface area contributed by atoms with E-state index in [1.54, 1.807) is 12.1 Å². The molecule has 0 saturated carbocycles. The molecule has 20 heavy (non-hydrogen) atoms. The van der Waals surface area contributed by atoms with Crippen molar-refractivity contribution in [1.82, 2.24) is 10.2 Å². The molecule has 0 radical (unpaired) electrons. The molecule has 1 fully saturated rings. The zero-order valence-electron chi connectivity index (χ0n) is 12.1. The lowest BCUT2D eigenvalue weighted by molar-refractivity contribution is -0.131. The number of hydrogen-bond acceptors (Lipinski definition) is 3. The lowest BCUT2D eigenvalue weighted by atomic mass is 9.99. The van der Waals surface area contributed by atoms with Crippen LogP contribution in [0.1, 0.15) is 25.3 Å². The average molecular weight is 276 g/mol. The summed E-state index contributed by atoms with van der Waals surface area (Å²) < 4.78 is 0. The molecular formula is C16H24N2O2. The number of carbonyl (C=O) groups excluding carboxylic acids is 1. The zero-order valence-corrected chi connectivity index (χ0v) is 12.1. The average Bonchev–Trinajstić information content (AvgIpc) is 2.48. The minimum absolute atomic E-state index is 0.170. The molecule has 0 aliphatic carbocycles. The molecule has 1 unspecified atom stereocenters. The number of benzene rings is 1. The van der Waals surface area contributed by atoms with Crippen molar-refractivity contribution < 1.29 is 9.90 Å². The smallest absolute Gasteiger partial charge is 0.226 e. The topological polar surface area (TPSA) is 52.6 Å². The van der Waals surface area contributed by atoms with Crippen LogP contribution in [0.25, 0.3) is 0 Å². The van der Waals surface area contributed by atoms with Gasteiger partial charge in [-0.3, -0.25) is 4.79 Å². The maximum Gasteiger partial charge on any atom is 0.226 e. The number of carbonyl (C=O) groups is 1. The number of likely N-dealkylation sites (N-methyl/N-ethyl adjacent to an activating group) is 1. The number of phenols is 1. The van der Waals surface area contributed by atoms with Gasteiger partial charge in [-0.05, 0) is 56.5 Å². The molecule has 1 amide bonds. The van der Waals surface area contributed by atoms with Crippen molar-refractivity contribution in [1.29, 1.82) is 0 Å². The molecule has 1 atom stereocenters. The van der Waals surface area contributed by atoms with E-state index in [9.17, 15) is 9.90 Å². The monoisotopic (exact) mass is 276 g/mol. The fourth-order valence-electron chi connectivity index (χ4n) is 2.70. The molecule has 4 nitrogen and oxygen atoms in total. The van der Waals surface area contributed by atoms with Crippen molar-refractivity contribution in [3.63, 3.8) is 0 Å². The van der Waals surface area contributed by atoms with E-state index in [4.69, 9.17) is 0 Å². The second-order valence-electron chi connectivity index (χ2n) is 5.49. The minimum Gasteiger partial charge on any atom is -0.508 e. The first-order valence-corrected chi connectivity index (χ1v) is 7.45. The van der Waals surface area contributed by atoms with Crippen molar-refractivity contribution in [2.24, 2.45) is 5.92 Å². The molecule has 1 aromatic carbocycles. The van der Waals surface area contributed by atoms with Gasteiger partial charge in [-0.2, -0.15) is 0 Å². The van der Waals surface area contributed by atoms with Crippen LogP contribution in [0.5, 0.6) is 5.75 Å². The van der Waals surface area contributed by atoms with Gasteiger partial charge in [-0.15, -0.1) is 0 Å². The van der Waals surface area contributed by atoms with Gasteiger partial charge in [0.15, 0.2) is 0 Å². The van der Waals surface area contributed by atoms with Gasteiger partial charge >= 0.3 is 0 Å². The van der Waals surface area contributed by atoms with Crippen molar-refractivity contribution in [3.8, 4) is 5.75 Å². The predicted molar refractivity (Wildman–Crippen MR) is 79.7 cm³/mol. The Morgan fingerprint density at radius 1 is 1.40 bits per heavy atom. The molecule has 1 saturated heterocycles. The van der Waals surface area contributed by atoms with E-state index in [-0.39, 0.29) is 11.7 Å². The quantitative estimate of drug-likeness (QED) is 0.862.